The monoisotopic (exact) mass is 547 g/mol. The topological polar surface area (TPSA) is 146 Å². The Labute approximate surface area is 220 Å². The molecule has 38 heavy (non-hydrogen) atoms. The van der Waals surface area contributed by atoms with Crippen molar-refractivity contribution in [2.75, 3.05) is 31.1 Å². The van der Waals surface area contributed by atoms with Crippen molar-refractivity contribution < 1.29 is 36.6 Å². The Morgan fingerprint density at radius 3 is 2.55 bits per heavy atom. The Morgan fingerprint density at radius 2 is 1.89 bits per heavy atom. The molecule has 2 aromatic rings. The van der Waals surface area contributed by atoms with Crippen molar-refractivity contribution in [1.82, 2.24) is 4.90 Å². The number of nitrogens with zero attached hydrogens (tertiary/aromatic N) is 3. The van der Waals surface area contributed by atoms with Crippen molar-refractivity contribution in [3.05, 3.63) is 69.3 Å². The zero-order valence-corrected chi connectivity index (χ0v) is 22.1. The van der Waals surface area contributed by atoms with E-state index in [1.165, 1.54) is 17.0 Å². The van der Waals surface area contributed by atoms with Gasteiger partial charge in [0, 0.05) is 31.3 Å². The first-order valence-corrected chi connectivity index (χ1v) is 13.5. The molecule has 0 unspecified atom stereocenters. The summed E-state index contributed by atoms with van der Waals surface area (Å²) in [7, 11) is -4.01. The van der Waals surface area contributed by atoms with Crippen LogP contribution in [-0.2, 0) is 36.1 Å². The Bertz CT molecular complexity index is 1340. The molecule has 4 rings (SSSR count). The molecule has 0 radical (unpaired) electrons. The van der Waals surface area contributed by atoms with Gasteiger partial charge in [-0.2, -0.15) is 8.42 Å². The van der Waals surface area contributed by atoms with E-state index in [4.69, 9.17) is 13.7 Å². The fourth-order valence-electron chi connectivity index (χ4n) is 4.34. The number of amides is 1. The summed E-state index contributed by atoms with van der Waals surface area (Å²) in [5.74, 6) is -0.995. The van der Waals surface area contributed by atoms with Gasteiger partial charge in [-0.15, -0.1) is 0 Å². The number of cyclic esters (lactones) is 1. The molecule has 0 spiro atoms. The van der Waals surface area contributed by atoms with Gasteiger partial charge in [0.05, 0.1) is 23.1 Å². The number of nitro groups is 1. The standard InChI is InChI=1S/C25H29N3O9S/c1-25(2,3)37-24(30)26-9-10-27(21-11-18-14-35-23(29)20(18)12-22(21)28(31)32)19(13-26)15-36-38(33,34)16-17-7-5-4-6-8-17/h4-8,11-12,19H,9-10,13-16H2,1-3H3/t19-/m0/s1. The molecule has 0 aliphatic carbocycles. The van der Waals surface area contributed by atoms with Crippen LogP contribution in [0, 0.1) is 10.1 Å². The molecule has 0 bridgehead atoms. The van der Waals surface area contributed by atoms with E-state index in [-0.39, 0.29) is 55.5 Å². The molecule has 13 heteroatoms. The van der Waals surface area contributed by atoms with Gasteiger partial charge >= 0.3 is 12.1 Å². The summed E-state index contributed by atoms with van der Waals surface area (Å²) < 4.78 is 41.3. The summed E-state index contributed by atoms with van der Waals surface area (Å²) >= 11 is 0. The van der Waals surface area contributed by atoms with Crippen LogP contribution < -0.4 is 4.90 Å². The van der Waals surface area contributed by atoms with Crippen LogP contribution in [0.2, 0.25) is 0 Å². The number of fused-ring (bicyclic) bond motifs is 1. The van der Waals surface area contributed by atoms with E-state index in [1.807, 2.05) is 0 Å². The van der Waals surface area contributed by atoms with Crippen LogP contribution in [-0.4, -0.2) is 68.2 Å². The highest BCUT2D eigenvalue weighted by Crippen LogP contribution is 2.37. The average molecular weight is 548 g/mol. The van der Waals surface area contributed by atoms with Crippen LogP contribution in [0.1, 0.15) is 42.3 Å². The third-order valence-corrected chi connectivity index (χ3v) is 7.23. The first-order valence-electron chi connectivity index (χ1n) is 12.0. The van der Waals surface area contributed by atoms with E-state index in [0.29, 0.717) is 11.1 Å². The van der Waals surface area contributed by atoms with E-state index >= 15 is 0 Å². The van der Waals surface area contributed by atoms with Crippen LogP contribution in [0.25, 0.3) is 0 Å². The van der Waals surface area contributed by atoms with E-state index in [1.54, 1.807) is 56.0 Å². The quantitative estimate of drug-likeness (QED) is 0.219. The molecule has 0 saturated carbocycles. The van der Waals surface area contributed by atoms with Gasteiger partial charge in [0.25, 0.3) is 15.8 Å². The third kappa shape index (κ3) is 6.40. The van der Waals surface area contributed by atoms with Gasteiger partial charge in [0.1, 0.15) is 23.6 Å². The molecule has 1 atom stereocenters. The number of rotatable bonds is 7. The third-order valence-electron chi connectivity index (χ3n) is 6.05. The maximum absolute atomic E-state index is 12.8. The number of hydrogen-bond donors (Lipinski definition) is 0. The molecule has 0 aromatic heterocycles. The van der Waals surface area contributed by atoms with Crippen LogP contribution in [0.4, 0.5) is 16.2 Å². The zero-order chi connectivity index (χ0) is 27.7. The maximum Gasteiger partial charge on any atom is 0.410 e. The maximum atomic E-state index is 12.8. The molecule has 2 heterocycles. The van der Waals surface area contributed by atoms with E-state index < -0.39 is 38.7 Å². The Morgan fingerprint density at radius 1 is 1.18 bits per heavy atom. The van der Waals surface area contributed by atoms with Gasteiger partial charge in [-0.05, 0) is 32.4 Å². The summed E-state index contributed by atoms with van der Waals surface area (Å²) in [6.07, 6.45) is -0.586. The number of anilines is 1. The van der Waals surface area contributed by atoms with E-state index in [0.717, 1.165) is 0 Å². The van der Waals surface area contributed by atoms with Gasteiger partial charge in [0.15, 0.2) is 0 Å². The Balaban J connectivity index is 1.62. The summed E-state index contributed by atoms with van der Waals surface area (Å²) in [6.45, 7) is 5.12. The number of ether oxygens (including phenoxy) is 2. The Kier molecular flexibility index (Phi) is 7.61. The molecular weight excluding hydrogens is 518 g/mol. The fraction of sp³-hybridized carbons (Fsp3) is 0.440. The lowest BCUT2D eigenvalue weighted by molar-refractivity contribution is -0.384. The number of carbonyl (C=O) groups excluding carboxylic acids is 2. The number of carbonyl (C=O) groups is 2. The number of piperazine rings is 1. The number of hydrogen-bond acceptors (Lipinski definition) is 10. The van der Waals surface area contributed by atoms with Gasteiger partial charge in [-0.1, -0.05) is 30.3 Å². The first-order chi connectivity index (χ1) is 17.8. The van der Waals surface area contributed by atoms with Crippen molar-refractivity contribution in [2.24, 2.45) is 0 Å². The van der Waals surface area contributed by atoms with Crippen LogP contribution in [0.3, 0.4) is 0 Å². The van der Waals surface area contributed by atoms with Crippen molar-refractivity contribution in [3.63, 3.8) is 0 Å². The SMILES string of the molecule is CC(C)(C)OC(=O)N1CCN(c2cc3c(cc2[N+](=O)[O-])C(=O)OC3)[C@H](COS(=O)(=O)Cc2ccccc2)C1. The first kappa shape index (κ1) is 27.3. The number of benzene rings is 2. The lowest BCUT2D eigenvalue weighted by atomic mass is 10.0. The summed E-state index contributed by atoms with van der Waals surface area (Å²) in [5, 5.41) is 11.9. The highest BCUT2D eigenvalue weighted by molar-refractivity contribution is 7.85. The average Bonchev–Trinajstić information content (AvgIpc) is 3.21. The molecule has 1 amide bonds. The molecule has 12 nitrogen and oxygen atoms in total. The highest BCUT2D eigenvalue weighted by atomic mass is 32.2. The van der Waals surface area contributed by atoms with Gasteiger partial charge in [0.2, 0.25) is 0 Å². The van der Waals surface area contributed by atoms with Gasteiger partial charge in [-0.3, -0.25) is 14.3 Å². The van der Waals surface area contributed by atoms with Crippen molar-refractivity contribution in [2.45, 2.75) is 44.8 Å². The molecule has 204 valence electrons. The van der Waals surface area contributed by atoms with Crippen LogP contribution >= 0.6 is 0 Å². The lowest BCUT2D eigenvalue weighted by Gasteiger charge is -2.42. The molecule has 2 aromatic carbocycles. The minimum atomic E-state index is -4.01. The molecule has 0 N–H and O–H groups in total. The van der Waals surface area contributed by atoms with Crippen LogP contribution in [0.15, 0.2) is 42.5 Å². The number of esters is 1. The van der Waals surface area contributed by atoms with Gasteiger partial charge in [-0.25, -0.2) is 9.59 Å². The molecule has 2 aliphatic heterocycles. The fourth-order valence-corrected chi connectivity index (χ4v) is 5.38. The second-order valence-corrected chi connectivity index (χ2v) is 11.7. The smallest absolute Gasteiger partial charge is 0.410 e. The molecular formula is C25H29N3O9S. The zero-order valence-electron chi connectivity index (χ0n) is 21.3. The number of nitro benzene ring substituents is 1. The van der Waals surface area contributed by atoms with Gasteiger partial charge < -0.3 is 19.3 Å². The van der Waals surface area contributed by atoms with Crippen molar-refractivity contribution in [1.29, 1.82) is 0 Å². The normalized spacial score (nSPS) is 17.7. The van der Waals surface area contributed by atoms with Crippen molar-refractivity contribution >= 4 is 33.6 Å². The Hall–Kier alpha value is -3.71. The van der Waals surface area contributed by atoms with Crippen molar-refractivity contribution in [3.8, 4) is 0 Å². The second kappa shape index (κ2) is 10.6. The predicted octanol–water partition coefficient (Wildman–Crippen LogP) is 3.24. The van der Waals surface area contributed by atoms with Crippen LogP contribution in [0.5, 0.6) is 0 Å². The predicted molar refractivity (Wildman–Crippen MR) is 136 cm³/mol. The second-order valence-electron chi connectivity index (χ2n) is 10.1. The summed E-state index contributed by atoms with van der Waals surface area (Å²) in [5.41, 5.74) is 0.259. The largest absolute Gasteiger partial charge is 0.457 e. The lowest BCUT2D eigenvalue weighted by Crippen LogP contribution is -2.57. The van der Waals surface area contributed by atoms with E-state index in [9.17, 15) is 28.1 Å². The molecule has 2 aliphatic rings. The minimum absolute atomic E-state index is 0.000556. The van der Waals surface area contributed by atoms with E-state index in [2.05, 4.69) is 0 Å². The summed E-state index contributed by atoms with van der Waals surface area (Å²) in [6, 6.07) is 10.4. The summed E-state index contributed by atoms with van der Waals surface area (Å²) in [4.78, 5) is 39.2. The molecule has 1 saturated heterocycles. The highest BCUT2D eigenvalue weighted by Gasteiger charge is 2.37. The minimum Gasteiger partial charge on any atom is -0.457 e. The molecule has 1 fully saturated rings.